The molecule has 3 heteroatoms. The Morgan fingerprint density at radius 3 is 2.94 bits per heavy atom. The van der Waals surface area contributed by atoms with E-state index in [1.54, 1.807) is 0 Å². The van der Waals surface area contributed by atoms with Gasteiger partial charge in [0.05, 0.1) is 12.7 Å². The SMILES string of the molecule is Cc1cccc(C(C)C)c1NCC1CNCCO1. The van der Waals surface area contributed by atoms with Crippen LogP contribution in [0, 0.1) is 6.92 Å². The highest BCUT2D eigenvalue weighted by Gasteiger charge is 2.15. The number of hydrogen-bond acceptors (Lipinski definition) is 3. The number of morpholine rings is 1. The average molecular weight is 248 g/mol. The number of anilines is 1. The van der Waals surface area contributed by atoms with Gasteiger partial charge in [0.2, 0.25) is 0 Å². The maximum atomic E-state index is 5.71. The molecule has 0 bridgehead atoms. The predicted octanol–water partition coefficient (Wildman–Crippen LogP) is 2.52. The first-order valence-electron chi connectivity index (χ1n) is 6.84. The van der Waals surface area contributed by atoms with Crippen molar-refractivity contribution in [2.45, 2.75) is 32.8 Å². The van der Waals surface area contributed by atoms with E-state index in [0.717, 1.165) is 26.2 Å². The van der Waals surface area contributed by atoms with E-state index < -0.39 is 0 Å². The molecular formula is C15H24N2O. The van der Waals surface area contributed by atoms with E-state index >= 15 is 0 Å². The molecule has 0 radical (unpaired) electrons. The smallest absolute Gasteiger partial charge is 0.0872 e. The number of aryl methyl sites for hydroxylation is 1. The van der Waals surface area contributed by atoms with Gasteiger partial charge < -0.3 is 15.4 Å². The summed E-state index contributed by atoms with van der Waals surface area (Å²) in [7, 11) is 0. The van der Waals surface area contributed by atoms with E-state index in [1.165, 1.54) is 16.8 Å². The molecule has 1 atom stereocenters. The van der Waals surface area contributed by atoms with E-state index in [2.05, 4.69) is 49.6 Å². The summed E-state index contributed by atoms with van der Waals surface area (Å²) in [6, 6.07) is 6.50. The second-order valence-electron chi connectivity index (χ2n) is 5.27. The van der Waals surface area contributed by atoms with Gasteiger partial charge in [0.15, 0.2) is 0 Å². The minimum Gasteiger partial charge on any atom is -0.382 e. The lowest BCUT2D eigenvalue weighted by molar-refractivity contribution is 0.0372. The number of para-hydroxylation sites is 1. The Labute approximate surface area is 110 Å². The molecule has 0 spiro atoms. The second-order valence-corrected chi connectivity index (χ2v) is 5.27. The van der Waals surface area contributed by atoms with Gasteiger partial charge in [-0.25, -0.2) is 0 Å². The third-order valence-corrected chi connectivity index (χ3v) is 3.44. The molecule has 100 valence electrons. The molecular weight excluding hydrogens is 224 g/mol. The van der Waals surface area contributed by atoms with Gasteiger partial charge in [-0.05, 0) is 24.0 Å². The van der Waals surface area contributed by atoms with Crippen molar-refractivity contribution in [3.8, 4) is 0 Å². The first kappa shape index (κ1) is 13.4. The molecule has 2 N–H and O–H groups in total. The minimum absolute atomic E-state index is 0.276. The molecule has 2 rings (SSSR count). The summed E-state index contributed by atoms with van der Waals surface area (Å²) in [6.45, 7) is 10.2. The monoisotopic (exact) mass is 248 g/mol. The quantitative estimate of drug-likeness (QED) is 0.859. The molecule has 1 saturated heterocycles. The van der Waals surface area contributed by atoms with Crippen molar-refractivity contribution < 1.29 is 4.74 Å². The summed E-state index contributed by atoms with van der Waals surface area (Å²) in [4.78, 5) is 0. The van der Waals surface area contributed by atoms with Crippen molar-refractivity contribution in [2.24, 2.45) is 0 Å². The van der Waals surface area contributed by atoms with Crippen LogP contribution in [-0.4, -0.2) is 32.3 Å². The van der Waals surface area contributed by atoms with Crippen LogP contribution in [0.15, 0.2) is 18.2 Å². The molecule has 0 amide bonds. The van der Waals surface area contributed by atoms with E-state index in [4.69, 9.17) is 4.74 Å². The molecule has 1 aromatic carbocycles. The van der Waals surface area contributed by atoms with Crippen LogP contribution in [0.25, 0.3) is 0 Å². The van der Waals surface area contributed by atoms with Crippen molar-refractivity contribution >= 4 is 5.69 Å². The number of rotatable bonds is 4. The van der Waals surface area contributed by atoms with Crippen molar-refractivity contribution in [3.63, 3.8) is 0 Å². The first-order valence-corrected chi connectivity index (χ1v) is 6.84. The predicted molar refractivity (Wildman–Crippen MR) is 76.4 cm³/mol. The van der Waals surface area contributed by atoms with E-state index in [-0.39, 0.29) is 6.10 Å². The van der Waals surface area contributed by atoms with Crippen LogP contribution in [0.4, 0.5) is 5.69 Å². The molecule has 1 unspecified atom stereocenters. The van der Waals surface area contributed by atoms with Gasteiger partial charge in [0.1, 0.15) is 0 Å². The number of benzene rings is 1. The Bertz CT molecular complexity index is 384. The largest absolute Gasteiger partial charge is 0.382 e. The highest BCUT2D eigenvalue weighted by atomic mass is 16.5. The zero-order valence-electron chi connectivity index (χ0n) is 11.6. The van der Waals surface area contributed by atoms with Crippen LogP contribution < -0.4 is 10.6 Å². The van der Waals surface area contributed by atoms with Gasteiger partial charge in [0, 0.05) is 25.3 Å². The van der Waals surface area contributed by atoms with Crippen molar-refractivity contribution in [3.05, 3.63) is 29.3 Å². The molecule has 1 heterocycles. The fourth-order valence-electron chi connectivity index (χ4n) is 2.38. The summed E-state index contributed by atoms with van der Waals surface area (Å²) in [5, 5.41) is 6.93. The highest BCUT2D eigenvalue weighted by molar-refractivity contribution is 5.58. The highest BCUT2D eigenvalue weighted by Crippen LogP contribution is 2.27. The topological polar surface area (TPSA) is 33.3 Å². The van der Waals surface area contributed by atoms with Crippen LogP contribution in [0.1, 0.15) is 30.9 Å². The van der Waals surface area contributed by atoms with Gasteiger partial charge in [-0.3, -0.25) is 0 Å². The summed E-state index contributed by atoms with van der Waals surface area (Å²) in [6.07, 6.45) is 0.276. The maximum Gasteiger partial charge on any atom is 0.0872 e. The Balaban J connectivity index is 2.03. The summed E-state index contributed by atoms with van der Waals surface area (Å²) in [5.74, 6) is 0.540. The molecule has 0 aliphatic carbocycles. The third-order valence-electron chi connectivity index (χ3n) is 3.44. The fraction of sp³-hybridized carbons (Fsp3) is 0.600. The van der Waals surface area contributed by atoms with E-state index in [0.29, 0.717) is 5.92 Å². The molecule has 0 aromatic heterocycles. The summed E-state index contributed by atoms with van der Waals surface area (Å²) < 4.78 is 5.71. The molecule has 18 heavy (non-hydrogen) atoms. The first-order chi connectivity index (χ1) is 8.68. The lowest BCUT2D eigenvalue weighted by Gasteiger charge is -2.25. The molecule has 1 aliphatic heterocycles. The number of nitrogens with one attached hydrogen (secondary N) is 2. The van der Waals surface area contributed by atoms with E-state index in [1.807, 2.05) is 0 Å². The summed E-state index contributed by atoms with van der Waals surface area (Å²) >= 11 is 0. The van der Waals surface area contributed by atoms with Gasteiger partial charge in [-0.2, -0.15) is 0 Å². The van der Waals surface area contributed by atoms with Crippen LogP contribution in [0.5, 0.6) is 0 Å². The Kier molecular flexibility index (Phi) is 4.61. The number of ether oxygens (including phenoxy) is 1. The van der Waals surface area contributed by atoms with Crippen molar-refractivity contribution in [2.75, 3.05) is 31.6 Å². The zero-order valence-corrected chi connectivity index (χ0v) is 11.6. The van der Waals surface area contributed by atoms with E-state index in [9.17, 15) is 0 Å². The Morgan fingerprint density at radius 2 is 2.28 bits per heavy atom. The average Bonchev–Trinajstić information content (AvgIpc) is 2.38. The van der Waals surface area contributed by atoms with Crippen molar-refractivity contribution in [1.29, 1.82) is 0 Å². The summed E-state index contributed by atoms with van der Waals surface area (Å²) in [5.41, 5.74) is 3.98. The molecule has 3 nitrogen and oxygen atoms in total. The van der Waals surface area contributed by atoms with Crippen LogP contribution in [-0.2, 0) is 4.74 Å². The zero-order chi connectivity index (χ0) is 13.0. The Hall–Kier alpha value is -1.06. The third kappa shape index (κ3) is 3.24. The lowest BCUT2D eigenvalue weighted by Crippen LogP contribution is -2.42. The molecule has 1 fully saturated rings. The van der Waals surface area contributed by atoms with Gasteiger partial charge in [0.25, 0.3) is 0 Å². The molecule has 1 aromatic rings. The second kappa shape index (κ2) is 6.21. The fourth-order valence-corrected chi connectivity index (χ4v) is 2.38. The minimum atomic E-state index is 0.276. The van der Waals surface area contributed by atoms with Gasteiger partial charge in [-0.1, -0.05) is 32.0 Å². The molecule has 1 aliphatic rings. The lowest BCUT2D eigenvalue weighted by atomic mass is 9.98. The normalized spacial score (nSPS) is 20.1. The number of hydrogen-bond donors (Lipinski definition) is 2. The Morgan fingerprint density at radius 1 is 1.44 bits per heavy atom. The van der Waals surface area contributed by atoms with Crippen LogP contribution in [0.3, 0.4) is 0 Å². The maximum absolute atomic E-state index is 5.71. The van der Waals surface area contributed by atoms with Gasteiger partial charge in [-0.15, -0.1) is 0 Å². The van der Waals surface area contributed by atoms with Crippen LogP contribution >= 0.6 is 0 Å². The molecule has 0 saturated carbocycles. The standard InChI is InChI=1S/C15H24N2O/c1-11(2)14-6-4-5-12(3)15(14)17-10-13-9-16-7-8-18-13/h4-6,11,13,16-17H,7-10H2,1-3H3. The van der Waals surface area contributed by atoms with Crippen LogP contribution in [0.2, 0.25) is 0 Å². The van der Waals surface area contributed by atoms with Gasteiger partial charge >= 0.3 is 0 Å². The van der Waals surface area contributed by atoms with Crippen molar-refractivity contribution in [1.82, 2.24) is 5.32 Å².